The molecule has 1 aliphatic heterocycles. The van der Waals surface area contributed by atoms with E-state index in [0.717, 1.165) is 37.1 Å². The molecule has 2 aromatic rings. The van der Waals surface area contributed by atoms with Gasteiger partial charge in [0.2, 0.25) is 5.91 Å². The minimum atomic E-state index is -0.570. The molecule has 1 aliphatic rings. The maximum absolute atomic E-state index is 12.9. The number of hydrogen-bond acceptors (Lipinski definition) is 3. The largest absolute Gasteiger partial charge is 0.484 e. The van der Waals surface area contributed by atoms with E-state index in [-0.39, 0.29) is 18.4 Å². The molecule has 1 atom stereocenters. The highest BCUT2D eigenvalue weighted by Crippen LogP contribution is 2.13. The predicted octanol–water partition coefficient (Wildman–Crippen LogP) is 2.72. The quantitative estimate of drug-likeness (QED) is 0.820. The highest BCUT2D eigenvalue weighted by Gasteiger charge is 2.28. The first kappa shape index (κ1) is 19.0. The van der Waals surface area contributed by atoms with Crippen molar-refractivity contribution in [2.75, 3.05) is 19.7 Å². The number of nitrogens with zero attached hydrogens (tertiary/aromatic N) is 1. The highest BCUT2D eigenvalue weighted by atomic mass is 16.5. The number of carbonyl (C=O) groups excluding carboxylic acids is 2. The fourth-order valence-electron chi connectivity index (χ4n) is 3.23. The van der Waals surface area contributed by atoms with Crippen LogP contribution in [0.15, 0.2) is 54.6 Å². The third-order valence-electron chi connectivity index (χ3n) is 4.72. The molecule has 0 bridgehead atoms. The maximum Gasteiger partial charge on any atom is 0.258 e. The summed E-state index contributed by atoms with van der Waals surface area (Å²) in [6.07, 6.45) is 2.52. The van der Waals surface area contributed by atoms with Crippen LogP contribution in [0.2, 0.25) is 0 Å². The Morgan fingerprint density at radius 3 is 2.37 bits per heavy atom. The first-order valence-electron chi connectivity index (χ1n) is 9.43. The molecule has 1 heterocycles. The lowest BCUT2D eigenvalue weighted by molar-refractivity contribution is -0.136. The molecule has 27 heavy (non-hydrogen) atoms. The molecule has 1 N–H and O–H groups in total. The fourth-order valence-corrected chi connectivity index (χ4v) is 3.23. The fraction of sp³-hybridized carbons (Fsp3) is 0.364. The average molecular weight is 366 g/mol. The third-order valence-corrected chi connectivity index (χ3v) is 4.72. The Morgan fingerprint density at radius 1 is 1.04 bits per heavy atom. The zero-order valence-corrected chi connectivity index (χ0v) is 15.7. The van der Waals surface area contributed by atoms with E-state index in [9.17, 15) is 9.59 Å². The van der Waals surface area contributed by atoms with E-state index in [4.69, 9.17) is 4.74 Å². The Kier molecular flexibility index (Phi) is 6.47. The number of carbonyl (C=O) groups is 2. The van der Waals surface area contributed by atoms with Crippen LogP contribution in [0.4, 0.5) is 0 Å². The second-order valence-electron chi connectivity index (χ2n) is 6.94. The van der Waals surface area contributed by atoms with Gasteiger partial charge in [-0.2, -0.15) is 0 Å². The van der Waals surface area contributed by atoms with Gasteiger partial charge in [-0.1, -0.05) is 48.0 Å². The zero-order valence-electron chi connectivity index (χ0n) is 15.7. The van der Waals surface area contributed by atoms with Gasteiger partial charge in [-0.25, -0.2) is 0 Å². The van der Waals surface area contributed by atoms with Crippen molar-refractivity contribution in [3.05, 3.63) is 65.7 Å². The van der Waals surface area contributed by atoms with Gasteiger partial charge in [0.1, 0.15) is 11.8 Å². The van der Waals surface area contributed by atoms with Crippen LogP contribution in [0.25, 0.3) is 0 Å². The number of hydrogen-bond donors (Lipinski definition) is 1. The van der Waals surface area contributed by atoms with Gasteiger partial charge in [-0.05, 0) is 37.5 Å². The summed E-state index contributed by atoms with van der Waals surface area (Å²) in [6.45, 7) is 3.41. The Labute approximate surface area is 160 Å². The first-order chi connectivity index (χ1) is 13.1. The molecule has 1 saturated heterocycles. The lowest BCUT2D eigenvalue weighted by Gasteiger charge is -2.24. The minimum Gasteiger partial charge on any atom is -0.484 e. The van der Waals surface area contributed by atoms with E-state index < -0.39 is 6.04 Å². The van der Waals surface area contributed by atoms with Crippen LogP contribution in [-0.4, -0.2) is 42.5 Å². The number of nitrogens with one attached hydrogen (secondary N) is 1. The van der Waals surface area contributed by atoms with Gasteiger partial charge >= 0.3 is 0 Å². The normalized spacial score (nSPS) is 14.6. The number of amides is 2. The van der Waals surface area contributed by atoms with E-state index in [1.165, 1.54) is 0 Å². The van der Waals surface area contributed by atoms with Crippen molar-refractivity contribution in [3.63, 3.8) is 0 Å². The summed E-state index contributed by atoms with van der Waals surface area (Å²) < 4.78 is 5.54. The average Bonchev–Trinajstić information content (AvgIpc) is 3.22. The summed E-state index contributed by atoms with van der Waals surface area (Å²) in [5.41, 5.74) is 2.15. The first-order valence-corrected chi connectivity index (χ1v) is 9.43. The SMILES string of the molecule is Cc1ccc(OCC(=O)N[C@@H](Cc2ccccc2)C(=O)N2CCCC2)cc1. The van der Waals surface area contributed by atoms with Crippen molar-refractivity contribution < 1.29 is 14.3 Å². The number of likely N-dealkylation sites (tertiary alicyclic amines) is 1. The zero-order chi connectivity index (χ0) is 19.1. The van der Waals surface area contributed by atoms with E-state index in [1.54, 1.807) is 0 Å². The molecule has 142 valence electrons. The smallest absolute Gasteiger partial charge is 0.258 e. The standard InChI is InChI=1S/C22H26N2O3/c1-17-9-11-19(12-10-17)27-16-21(25)23-20(15-18-7-3-2-4-8-18)22(26)24-13-5-6-14-24/h2-4,7-12,20H,5-6,13-16H2,1H3,(H,23,25)/t20-/m0/s1. The van der Waals surface area contributed by atoms with Crippen LogP contribution >= 0.6 is 0 Å². The summed E-state index contributed by atoms with van der Waals surface area (Å²) in [5.74, 6) is 0.338. The van der Waals surface area contributed by atoms with Crippen LogP contribution in [-0.2, 0) is 16.0 Å². The molecule has 5 heteroatoms. The van der Waals surface area contributed by atoms with Crippen LogP contribution in [0.1, 0.15) is 24.0 Å². The van der Waals surface area contributed by atoms with Crippen molar-refractivity contribution in [3.8, 4) is 5.75 Å². The Morgan fingerprint density at radius 2 is 1.70 bits per heavy atom. The predicted molar refractivity (Wildman–Crippen MR) is 105 cm³/mol. The molecular weight excluding hydrogens is 340 g/mol. The maximum atomic E-state index is 12.9. The van der Waals surface area contributed by atoms with Crippen LogP contribution in [0.5, 0.6) is 5.75 Å². The van der Waals surface area contributed by atoms with Gasteiger partial charge in [-0.15, -0.1) is 0 Å². The van der Waals surface area contributed by atoms with Gasteiger partial charge < -0.3 is 15.0 Å². The molecule has 2 aromatic carbocycles. The van der Waals surface area contributed by atoms with E-state index in [2.05, 4.69) is 5.32 Å². The van der Waals surface area contributed by atoms with E-state index >= 15 is 0 Å². The molecule has 5 nitrogen and oxygen atoms in total. The molecule has 0 aliphatic carbocycles. The summed E-state index contributed by atoms with van der Waals surface area (Å²) in [7, 11) is 0. The van der Waals surface area contributed by atoms with Crippen molar-refractivity contribution >= 4 is 11.8 Å². The monoisotopic (exact) mass is 366 g/mol. The molecule has 0 saturated carbocycles. The number of ether oxygens (including phenoxy) is 1. The van der Waals surface area contributed by atoms with Crippen molar-refractivity contribution in [2.45, 2.75) is 32.2 Å². The topological polar surface area (TPSA) is 58.6 Å². The summed E-state index contributed by atoms with van der Waals surface area (Å²) in [6, 6.07) is 16.7. The van der Waals surface area contributed by atoms with Crippen molar-refractivity contribution in [1.82, 2.24) is 10.2 Å². The molecule has 0 radical (unpaired) electrons. The van der Waals surface area contributed by atoms with E-state index in [1.807, 2.05) is 66.4 Å². The molecule has 0 aromatic heterocycles. The van der Waals surface area contributed by atoms with Crippen LogP contribution < -0.4 is 10.1 Å². The molecule has 0 unspecified atom stereocenters. The second kappa shape index (κ2) is 9.21. The van der Waals surface area contributed by atoms with E-state index in [0.29, 0.717) is 12.2 Å². The number of aryl methyl sites for hydroxylation is 1. The van der Waals surface area contributed by atoms with Crippen molar-refractivity contribution in [1.29, 1.82) is 0 Å². The number of rotatable bonds is 7. The van der Waals surface area contributed by atoms with Gasteiger partial charge in [0, 0.05) is 19.5 Å². The van der Waals surface area contributed by atoms with Gasteiger partial charge in [0.15, 0.2) is 6.61 Å². The van der Waals surface area contributed by atoms with Gasteiger partial charge in [0.25, 0.3) is 5.91 Å². The lowest BCUT2D eigenvalue weighted by Crippen LogP contribution is -2.50. The summed E-state index contributed by atoms with van der Waals surface area (Å²) in [5, 5.41) is 2.87. The Balaban J connectivity index is 1.61. The lowest BCUT2D eigenvalue weighted by atomic mass is 10.0. The van der Waals surface area contributed by atoms with Gasteiger partial charge in [0.05, 0.1) is 0 Å². The third kappa shape index (κ3) is 5.58. The second-order valence-corrected chi connectivity index (χ2v) is 6.94. The molecule has 2 amide bonds. The minimum absolute atomic E-state index is 0.0139. The Bertz CT molecular complexity index is 753. The molecular formula is C22H26N2O3. The highest BCUT2D eigenvalue weighted by molar-refractivity contribution is 5.88. The number of benzene rings is 2. The van der Waals surface area contributed by atoms with Gasteiger partial charge in [-0.3, -0.25) is 9.59 Å². The molecule has 0 spiro atoms. The Hall–Kier alpha value is -2.82. The van der Waals surface area contributed by atoms with Crippen LogP contribution in [0, 0.1) is 6.92 Å². The summed E-state index contributed by atoms with van der Waals surface area (Å²) >= 11 is 0. The van der Waals surface area contributed by atoms with Crippen molar-refractivity contribution in [2.24, 2.45) is 0 Å². The summed E-state index contributed by atoms with van der Waals surface area (Å²) in [4.78, 5) is 27.1. The molecule has 3 rings (SSSR count). The molecule has 1 fully saturated rings. The van der Waals surface area contributed by atoms with Crippen LogP contribution in [0.3, 0.4) is 0 Å².